The molecular formula is C12H11N3O2. The van der Waals surface area contributed by atoms with Gasteiger partial charge in [0.1, 0.15) is 12.0 Å². The topological polar surface area (TPSA) is 65.0 Å². The van der Waals surface area contributed by atoms with E-state index in [-0.39, 0.29) is 12.2 Å². The predicted octanol–water partition coefficient (Wildman–Crippen LogP) is 1.31. The molecule has 2 aromatic heterocycles. The van der Waals surface area contributed by atoms with Crippen LogP contribution in [0.2, 0.25) is 0 Å². The summed E-state index contributed by atoms with van der Waals surface area (Å²) in [4.78, 5) is 23.7. The number of pyridine rings is 1. The molecular weight excluding hydrogens is 218 g/mol. The lowest BCUT2D eigenvalue weighted by Crippen LogP contribution is -2.07. The Morgan fingerprint density at radius 1 is 1.29 bits per heavy atom. The Labute approximate surface area is 98.5 Å². The van der Waals surface area contributed by atoms with Crippen molar-refractivity contribution in [2.75, 3.05) is 7.11 Å². The smallest absolute Gasteiger partial charge is 0.216 e. The van der Waals surface area contributed by atoms with Gasteiger partial charge in [-0.15, -0.1) is 0 Å². The molecule has 0 spiro atoms. The summed E-state index contributed by atoms with van der Waals surface area (Å²) in [5, 5.41) is 0. The van der Waals surface area contributed by atoms with E-state index < -0.39 is 0 Å². The Morgan fingerprint density at radius 3 is 2.88 bits per heavy atom. The highest BCUT2D eigenvalue weighted by molar-refractivity contribution is 5.95. The zero-order valence-corrected chi connectivity index (χ0v) is 9.33. The van der Waals surface area contributed by atoms with E-state index in [4.69, 9.17) is 4.74 Å². The molecule has 0 aliphatic carbocycles. The summed E-state index contributed by atoms with van der Waals surface area (Å²) in [6.45, 7) is 0. The van der Waals surface area contributed by atoms with Crippen LogP contribution in [0.1, 0.15) is 16.2 Å². The number of methoxy groups -OCH3 is 1. The molecule has 0 aliphatic rings. The standard InChI is InChI=1S/C12H11N3O2/c1-17-12-7-10(14-8-15-12)11(16)6-9-4-2-3-5-13-9/h2-5,7-8H,6H2,1H3. The molecule has 0 saturated heterocycles. The number of carbonyl (C=O) groups is 1. The van der Waals surface area contributed by atoms with Crippen LogP contribution >= 0.6 is 0 Å². The third-order valence-electron chi connectivity index (χ3n) is 2.20. The van der Waals surface area contributed by atoms with Crippen LogP contribution < -0.4 is 4.74 Å². The van der Waals surface area contributed by atoms with Crippen LogP contribution in [-0.2, 0) is 6.42 Å². The minimum Gasteiger partial charge on any atom is -0.481 e. The maximum atomic E-state index is 11.9. The normalized spacial score (nSPS) is 9.94. The van der Waals surface area contributed by atoms with Crippen LogP contribution in [0.15, 0.2) is 36.8 Å². The molecule has 0 saturated carbocycles. The molecule has 0 unspecified atom stereocenters. The van der Waals surface area contributed by atoms with E-state index in [1.807, 2.05) is 12.1 Å². The fourth-order valence-corrected chi connectivity index (χ4v) is 1.36. The van der Waals surface area contributed by atoms with Crippen LogP contribution in [-0.4, -0.2) is 27.8 Å². The summed E-state index contributed by atoms with van der Waals surface area (Å²) < 4.78 is 4.94. The molecule has 2 heterocycles. The minimum absolute atomic E-state index is 0.107. The molecule has 86 valence electrons. The van der Waals surface area contributed by atoms with Crippen LogP contribution in [0.25, 0.3) is 0 Å². The van der Waals surface area contributed by atoms with Crippen molar-refractivity contribution in [3.63, 3.8) is 0 Å². The van der Waals surface area contributed by atoms with E-state index in [0.717, 1.165) is 5.69 Å². The molecule has 0 fully saturated rings. The maximum absolute atomic E-state index is 11.9. The summed E-state index contributed by atoms with van der Waals surface area (Å²) >= 11 is 0. The summed E-state index contributed by atoms with van der Waals surface area (Å²) in [5.41, 5.74) is 1.05. The van der Waals surface area contributed by atoms with E-state index in [0.29, 0.717) is 11.6 Å². The van der Waals surface area contributed by atoms with Gasteiger partial charge in [-0.3, -0.25) is 9.78 Å². The monoisotopic (exact) mass is 229 g/mol. The second-order valence-electron chi connectivity index (χ2n) is 3.37. The lowest BCUT2D eigenvalue weighted by molar-refractivity contribution is 0.0986. The SMILES string of the molecule is COc1cc(C(=O)Cc2ccccn2)ncn1. The number of nitrogens with zero attached hydrogens (tertiary/aromatic N) is 3. The Morgan fingerprint density at radius 2 is 2.18 bits per heavy atom. The number of rotatable bonds is 4. The number of ether oxygens (including phenoxy) is 1. The predicted molar refractivity (Wildman–Crippen MR) is 60.9 cm³/mol. The third kappa shape index (κ3) is 2.84. The highest BCUT2D eigenvalue weighted by Crippen LogP contribution is 2.08. The number of hydrogen-bond donors (Lipinski definition) is 0. The quantitative estimate of drug-likeness (QED) is 0.739. The Balaban J connectivity index is 2.14. The average molecular weight is 229 g/mol. The van der Waals surface area contributed by atoms with E-state index in [2.05, 4.69) is 15.0 Å². The van der Waals surface area contributed by atoms with Crippen LogP contribution in [0.5, 0.6) is 5.88 Å². The van der Waals surface area contributed by atoms with Gasteiger partial charge in [0, 0.05) is 18.0 Å². The largest absolute Gasteiger partial charge is 0.481 e. The molecule has 2 rings (SSSR count). The minimum atomic E-state index is -0.107. The number of Topliss-reactive ketones (excluding diaryl/α,β-unsaturated/α-hetero) is 1. The van der Waals surface area contributed by atoms with Crippen LogP contribution in [0.4, 0.5) is 0 Å². The van der Waals surface area contributed by atoms with Gasteiger partial charge in [0.15, 0.2) is 5.78 Å². The molecule has 0 aliphatic heterocycles. The second-order valence-corrected chi connectivity index (χ2v) is 3.37. The zero-order chi connectivity index (χ0) is 12.1. The number of aromatic nitrogens is 3. The summed E-state index contributed by atoms with van der Waals surface area (Å²) in [5.74, 6) is 0.272. The van der Waals surface area contributed by atoms with Crippen molar-refractivity contribution in [1.82, 2.24) is 15.0 Å². The molecule has 0 bridgehead atoms. The van der Waals surface area contributed by atoms with E-state index in [1.165, 1.54) is 19.5 Å². The van der Waals surface area contributed by atoms with Crippen molar-refractivity contribution in [2.45, 2.75) is 6.42 Å². The van der Waals surface area contributed by atoms with Gasteiger partial charge in [-0.1, -0.05) is 6.07 Å². The maximum Gasteiger partial charge on any atom is 0.216 e. The molecule has 5 heteroatoms. The first-order chi connectivity index (χ1) is 8.29. The lowest BCUT2D eigenvalue weighted by atomic mass is 10.1. The van der Waals surface area contributed by atoms with Crippen molar-refractivity contribution in [2.24, 2.45) is 0 Å². The molecule has 0 amide bonds. The highest BCUT2D eigenvalue weighted by Gasteiger charge is 2.10. The summed E-state index contributed by atoms with van der Waals surface area (Å²) in [6.07, 6.45) is 3.19. The Kier molecular flexibility index (Phi) is 3.40. The molecule has 0 aromatic carbocycles. The van der Waals surface area contributed by atoms with Crippen molar-refractivity contribution >= 4 is 5.78 Å². The first-order valence-electron chi connectivity index (χ1n) is 5.09. The number of ketones is 1. The van der Waals surface area contributed by atoms with Crippen LogP contribution in [0, 0.1) is 0 Å². The third-order valence-corrected chi connectivity index (χ3v) is 2.20. The highest BCUT2D eigenvalue weighted by atomic mass is 16.5. The van der Waals surface area contributed by atoms with Gasteiger partial charge >= 0.3 is 0 Å². The summed E-state index contributed by atoms with van der Waals surface area (Å²) in [7, 11) is 1.50. The van der Waals surface area contributed by atoms with Crippen molar-refractivity contribution in [1.29, 1.82) is 0 Å². The van der Waals surface area contributed by atoms with Gasteiger partial charge in [0.2, 0.25) is 5.88 Å². The lowest BCUT2D eigenvalue weighted by Gasteiger charge is -2.01. The molecule has 5 nitrogen and oxygen atoms in total. The molecule has 0 atom stereocenters. The Hall–Kier alpha value is -2.30. The van der Waals surface area contributed by atoms with E-state index in [1.54, 1.807) is 12.3 Å². The second kappa shape index (κ2) is 5.16. The van der Waals surface area contributed by atoms with E-state index >= 15 is 0 Å². The van der Waals surface area contributed by atoms with Crippen molar-refractivity contribution < 1.29 is 9.53 Å². The number of hydrogen-bond acceptors (Lipinski definition) is 5. The first-order valence-corrected chi connectivity index (χ1v) is 5.09. The fraction of sp³-hybridized carbons (Fsp3) is 0.167. The van der Waals surface area contributed by atoms with Gasteiger partial charge in [-0.2, -0.15) is 0 Å². The average Bonchev–Trinajstić information content (AvgIpc) is 2.40. The van der Waals surface area contributed by atoms with Crippen molar-refractivity contribution in [3.05, 3.63) is 48.2 Å². The van der Waals surface area contributed by atoms with Gasteiger partial charge in [-0.05, 0) is 12.1 Å². The summed E-state index contributed by atoms with van der Waals surface area (Å²) in [6, 6.07) is 6.97. The fourth-order valence-electron chi connectivity index (χ4n) is 1.36. The molecule has 2 aromatic rings. The molecule has 17 heavy (non-hydrogen) atoms. The van der Waals surface area contributed by atoms with Gasteiger partial charge in [0.25, 0.3) is 0 Å². The zero-order valence-electron chi connectivity index (χ0n) is 9.33. The van der Waals surface area contributed by atoms with Gasteiger partial charge < -0.3 is 4.74 Å². The molecule has 0 radical (unpaired) electrons. The van der Waals surface area contributed by atoms with Crippen molar-refractivity contribution in [3.8, 4) is 5.88 Å². The first kappa shape index (κ1) is 11.2. The van der Waals surface area contributed by atoms with Gasteiger partial charge in [0.05, 0.1) is 13.5 Å². The van der Waals surface area contributed by atoms with Gasteiger partial charge in [-0.25, -0.2) is 9.97 Å². The number of carbonyl (C=O) groups excluding carboxylic acids is 1. The molecule has 0 N–H and O–H groups in total. The Bertz CT molecular complexity index is 514. The van der Waals surface area contributed by atoms with E-state index in [9.17, 15) is 4.79 Å². The van der Waals surface area contributed by atoms with Crippen LogP contribution in [0.3, 0.4) is 0 Å².